The van der Waals surface area contributed by atoms with E-state index in [1.165, 1.54) is 5.56 Å². The Labute approximate surface area is 79.5 Å². The quantitative estimate of drug-likeness (QED) is 0.661. The Kier molecular flexibility index (Phi) is 3.50. The molecule has 0 radical (unpaired) electrons. The molecule has 0 aliphatic rings. The molecule has 0 aliphatic carbocycles. The van der Waals surface area contributed by atoms with Gasteiger partial charge < -0.3 is 9.47 Å². The zero-order chi connectivity index (χ0) is 9.68. The molecular weight excluding hydrogens is 164 g/mol. The Bertz CT molecular complexity index is 269. The van der Waals surface area contributed by atoms with Crippen LogP contribution < -0.4 is 9.47 Å². The van der Waals surface area contributed by atoms with Crippen molar-refractivity contribution in [3.63, 3.8) is 0 Å². The Balaban J connectivity index is 2.93. The highest BCUT2D eigenvalue weighted by Gasteiger charge is 2.06. The van der Waals surface area contributed by atoms with Crippen molar-refractivity contribution in [1.29, 1.82) is 0 Å². The van der Waals surface area contributed by atoms with E-state index in [-0.39, 0.29) is 0 Å². The first-order valence-electron chi connectivity index (χ1n) is 4.30. The molecule has 0 bridgehead atoms. The SMILES string of the molecule is C[CH+]Cc1ccc(OC)cc1OC. The van der Waals surface area contributed by atoms with Crippen molar-refractivity contribution in [1.82, 2.24) is 0 Å². The van der Waals surface area contributed by atoms with Crippen LogP contribution >= 0.6 is 0 Å². The maximum atomic E-state index is 5.24. The number of methoxy groups -OCH3 is 2. The van der Waals surface area contributed by atoms with Crippen LogP contribution in [0.25, 0.3) is 0 Å². The van der Waals surface area contributed by atoms with Gasteiger partial charge in [0.25, 0.3) is 0 Å². The minimum atomic E-state index is 0.830. The first-order valence-corrected chi connectivity index (χ1v) is 4.30. The molecule has 0 aliphatic heterocycles. The highest BCUT2D eigenvalue weighted by atomic mass is 16.5. The fourth-order valence-corrected chi connectivity index (χ4v) is 1.24. The van der Waals surface area contributed by atoms with Gasteiger partial charge in [-0.1, -0.05) is 0 Å². The summed E-state index contributed by atoms with van der Waals surface area (Å²) < 4.78 is 10.3. The van der Waals surface area contributed by atoms with Gasteiger partial charge in [-0.3, -0.25) is 0 Å². The van der Waals surface area contributed by atoms with Crippen molar-refractivity contribution in [3.05, 3.63) is 30.2 Å². The van der Waals surface area contributed by atoms with E-state index >= 15 is 0 Å². The topological polar surface area (TPSA) is 18.5 Å². The van der Waals surface area contributed by atoms with Crippen molar-refractivity contribution in [3.8, 4) is 11.5 Å². The number of ether oxygens (including phenoxy) is 2. The highest BCUT2D eigenvalue weighted by Crippen LogP contribution is 2.25. The lowest BCUT2D eigenvalue weighted by Crippen LogP contribution is -1.93. The molecule has 0 unspecified atom stereocenters. The van der Waals surface area contributed by atoms with Crippen LogP contribution in [0.2, 0.25) is 0 Å². The molecule has 1 aromatic rings. The fraction of sp³-hybridized carbons (Fsp3) is 0.364. The maximum Gasteiger partial charge on any atom is 0.130 e. The number of benzene rings is 1. The molecule has 2 heteroatoms. The van der Waals surface area contributed by atoms with Crippen molar-refractivity contribution in [2.75, 3.05) is 14.2 Å². The van der Waals surface area contributed by atoms with Gasteiger partial charge in [0.1, 0.15) is 17.9 Å². The average molecular weight is 179 g/mol. The summed E-state index contributed by atoms with van der Waals surface area (Å²) in [5.74, 6) is 1.72. The van der Waals surface area contributed by atoms with E-state index in [0.717, 1.165) is 17.9 Å². The van der Waals surface area contributed by atoms with Gasteiger partial charge in [-0.2, -0.15) is 0 Å². The lowest BCUT2D eigenvalue weighted by Gasteiger charge is -2.06. The second kappa shape index (κ2) is 4.65. The molecule has 0 heterocycles. The molecule has 0 aromatic heterocycles. The summed E-state index contributed by atoms with van der Waals surface area (Å²) in [6.07, 6.45) is 3.03. The predicted molar refractivity (Wildman–Crippen MR) is 53.2 cm³/mol. The Morgan fingerprint density at radius 3 is 2.54 bits per heavy atom. The van der Waals surface area contributed by atoms with E-state index < -0.39 is 0 Å². The van der Waals surface area contributed by atoms with Gasteiger partial charge >= 0.3 is 0 Å². The summed E-state index contributed by atoms with van der Waals surface area (Å²) in [6, 6.07) is 5.87. The molecule has 0 amide bonds. The van der Waals surface area contributed by atoms with Crippen LogP contribution in [0.15, 0.2) is 18.2 Å². The third-order valence-electron chi connectivity index (χ3n) is 1.92. The van der Waals surface area contributed by atoms with E-state index in [4.69, 9.17) is 9.47 Å². The van der Waals surface area contributed by atoms with E-state index in [0.29, 0.717) is 0 Å². The molecule has 1 rings (SSSR count). The minimum Gasteiger partial charge on any atom is -0.497 e. The normalized spacial score (nSPS) is 9.46. The molecule has 0 N–H and O–H groups in total. The molecule has 0 fully saturated rings. The second-order valence-corrected chi connectivity index (χ2v) is 2.79. The predicted octanol–water partition coefficient (Wildman–Crippen LogP) is 2.47. The molecule has 2 nitrogen and oxygen atoms in total. The van der Waals surface area contributed by atoms with Crippen LogP contribution in [-0.2, 0) is 6.42 Å². The summed E-state index contributed by atoms with van der Waals surface area (Å²) in [6.45, 7) is 2.03. The van der Waals surface area contributed by atoms with Crippen molar-refractivity contribution in [2.24, 2.45) is 0 Å². The Morgan fingerprint density at radius 2 is 2.00 bits per heavy atom. The molecule has 0 saturated carbocycles. The van der Waals surface area contributed by atoms with Gasteiger partial charge in [0.15, 0.2) is 0 Å². The number of hydrogen-bond acceptors (Lipinski definition) is 2. The second-order valence-electron chi connectivity index (χ2n) is 2.79. The lowest BCUT2D eigenvalue weighted by atomic mass is 10.1. The van der Waals surface area contributed by atoms with Crippen LogP contribution in [0.1, 0.15) is 12.5 Å². The Hall–Kier alpha value is -1.31. The van der Waals surface area contributed by atoms with E-state index in [2.05, 4.69) is 6.42 Å². The highest BCUT2D eigenvalue weighted by molar-refractivity contribution is 5.41. The molecule has 0 saturated heterocycles. The van der Waals surface area contributed by atoms with Crippen LogP contribution in [-0.4, -0.2) is 14.2 Å². The fourth-order valence-electron chi connectivity index (χ4n) is 1.24. The van der Waals surface area contributed by atoms with Crippen molar-refractivity contribution in [2.45, 2.75) is 13.3 Å². The molecule has 0 spiro atoms. The summed E-state index contributed by atoms with van der Waals surface area (Å²) in [4.78, 5) is 0. The molecule has 1 aromatic carbocycles. The number of hydrogen-bond donors (Lipinski definition) is 0. The summed E-state index contributed by atoms with van der Waals surface area (Å²) in [5.41, 5.74) is 1.19. The van der Waals surface area contributed by atoms with E-state index in [1.54, 1.807) is 14.2 Å². The van der Waals surface area contributed by atoms with Gasteiger partial charge in [-0.25, -0.2) is 0 Å². The van der Waals surface area contributed by atoms with Gasteiger partial charge in [0.05, 0.1) is 27.6 Å². The summed E-state index contributed by atoms with van der Waals surface area (Å²) in [5, 5.41) is 0. The van der Waals surface area contributed by atoms with Gasteiger partial charge in [0.2, 0.25) is 0 Å². The summed E-state index contributed by atoms with van der Waals surface area (Å²) >= 11 is 0. The largest absolute Gasteiger partial charge is 0.497 e. The minimum absolute atomic E-state index is 0.830. The van der Waals surface area contributed by atoms with Crippen LogP contribution in [0.4, 0.5) is 0 Å². The lowest BCUT2D eigenvalue weighted by molar-refractivity contribution is 0.391. The van der Waals surface area contributed by atoms with Gasteiger partial charge in [0, 0.05) is 11.6 Å². The van der Waals surface area contributed by atoms with Gasteiger partial charge in [-0.15, -0.1) is 0 Å². The van der Waals surface area contributed by atoms with Crippen molar-refractivity contribution < 1.29 is 9.47 Å². The standard InChI is InChI=1S/C11H15O2/c1-4-5-9-6-7-10(12-2)8-11(9)13-3/h4,6-8H,5H2,1-3H3/q+1. The molecule has 13 heavy (non-hydrogen) atoms. The molecular formula is C11H15O2+. The first kappa shape index (κ1) is 9.78. The Morgan fingerprint density at radius 1 is 1.23 bits per heavy atom. The average Bonchev–Trinajstić information content (AvgIpc) is 2.19. The number of rotatable bonds is 4. The van der Waals surface area contributed by atoms with Crippen molar-refractivity contribution >= 4 is 0 Å². The van der Waals surface area contributed by atoms with Crippen LogP contribution in [0, 0.1) is 6.42 Å². The third kappa shape index (κ3) is 2.31. The monoisotopic (exact) mass is 179 g/mol. The van der Waals surface area contributed by atoms with Crippen LogP contribution in [0.5, 0.6) is 11.5 Å². The van der Waals surface area contributed by atoms with E-state index in [9.17, 15) is 0 Å². The maximum absolute atomic E-state index is 5.24. The smallest absolute Gasteiger partial charge is 0.130 e. The third-order valence-corrected chi connectivity index (χ3v) is 1.92. The molecule has 0 atom stereocenters. The van der Waals surface area contributed by atoms with Crippen LogP contribution in [0.3, 0.4) is 0 Å². The zero-order valence-corrected chi connectivity index (χ0v) is 8.33. The summed E-state index contributed by atoms with van der Waals surface area (Å²) in [7, 11) is 3.33. The molecule has 70 valence electrons. The van der Waals surface area contributed by atoms with E-state index in [1.807, 2.05) is 25.1 Å². The first-order chi connectivity index (χ1) is 6.31. The van der Waals surface area contributed by atoms with Gasteiger partial charge in [-0.05, 0) is 12.1 Å². The zero-order valence-electron chi connectivity index (χ0n) is 8.33.